The maximum absolute atomic E-state index is 12.8. The van der Waals surface area contributed by atoms with Gasteiger partial charge in [-0.25, -0.2) is 11.0 Å². The van der Waals surface area contributed by atoms with Crippen molar-refractivity contribution >= 4 is 17.2 Å². The number of nitrogens with one attached hydrogen (secondary N) is 1. The first kappa shape index (κ1) is 24.5. The fourth-order valence-electron chi connectivity index (χ4n) is 3.60. The first-order valence-electron chi connectivity index (χ1n) is 10.9. The van der Waals surface area contributed by atoms with Gasteiger partial charge in [-0.15, -0.1) is 5.10 Å². The van der Waals surface area contributed by atoms with E-state index in [4.69, 9.17) is 21.1 Å². The zero-order valence-corrected chi connectivity index (χ0v) is 18.8. The van der Waals surface area contributed by atoms with Crippen LogP contribution in [0.2, 0.25) is 0 Å². The summed E-state index contributed by atoms with van der Waals surface area (Å²) in [4.78, 5) is 0. The largest absolute Gasteiger partial charge is 0.416 e. The van der Waals surface area contributed by atoms with Gasteiger partial charge in [0.1, 0.15) is 5.60 Å². The number of nitrogens with zero attached hydrogens (tertiary/aromatic N) is 2. The lowest BCUT2D eigenvalue weighted by Gasteiger charge is -2.42. The number of hydrogen-bond donors (Lipinski definition) is 3. The van der Waals surface area contributed by atoms with Crippen molar-refractivity contribution < 1.29 is 22.6 Å². The molecule has 35 heavy (non-hydrogen) atoms. The van der Waals surface area contributed by atoms with Gasteiger partial charge in [-0.2, -0.15) is 13.2 Å². The minimum Gasteiger partial charge on any atom is -0.382 e. The van der Waals surface area contributed by atoms with Gasteiger partial charge in [0.05, 0.1) is 31.9 Å². The minimum atomic E-state index is -4.40. The highest BCUT2D eigenvalue weighted by Crippen LogP contribution is 2.31. The number of hydrogen-bond acceptors (Lipinski definition) is 6. The number of nitrogens with two attached hydrogens (primary N) is 2. The molecule has 0 saturated carbocycles. The van der Waals surface area contributed by atoms with E-state index < -0.39 is 17.3 Å². The Morgan fingerprint density at radius 2 is 1.66 bits per heavy atom. The molecule has 10 heteroatoms. The number of alkyl halides is 3. The van der Waals surface area contributed by atoms with Crippen molar-refractivity contribution in [3.05, 3.63) is 95.6 Å². The topological polar surface area (TPSA) is 98.1 Å². The number of para-hydroxylation sites is 1. The quantitative estimate of drug-likeness (QED) is 0.182. The summed E-state index contributed by atoms with van der Waals surface area (Å²) in [6.45, 7) is 1.44. The number of amidine groups is 1. The predicted octanol–water partition coefficient (Wildman–Crippen LogP) is 4.23. The van der Waals surface area contributed by atoms with Gasteiger partial charge in [-0.3, -0.25) is 0 Å². The molecule has 0 aromatic heterocycles. The van der Waals surface area contributed by atoms with Crippen molar-refractivity contribution in [2.75, 3.05) is 25.1 Å². The van der Waals surface area contributed by atoms with E-state index in [2.05, 4.69) is 10.4 Å². The molecule has 4 rings (SSSR count). The van der Waals surface area contributed by atoms with E-state index in [0.29, 0.717) is 36.8 Å². The van der Waals surface area contributed by atoms with Crippen molar-refractivity contribution in [2.24, 2.45) is 16.7 Å². The van der Waals surface area contributed by atoms with Gasteiger partial charge >= 0.3 is 6.18 Å². The number of rotatable bonds is 9. The van der Waals surface area contributed by atoms with Crippen molar-refractivity contribution in [1.82, 2.24) is 5.12 Å². The first-order valence-corrected chi connectivity index (χ1v) is 10.9. The lowest BCUT2D eigenvalue weighted by atomic mass is 10.0. The number of anilines is 2. The van der Waals surface area contributed by atoms with Crippen LogP contribution in [0.4, 0.5) is 24.5 Å². The second kappa shape index (κ2) is 10.3. The summed E-state index contributed by atoms with van der Waals surface area (Å²) in [6.07, 6.45) is -4.40. The first-order chi connectivity index (χ1) is 16.7. The van der Waals surface area contributed by atoms with E-state index in [1.54, 1.807) is 24.3 Å². The molecule has 0 radical (unpaired) electrons. The van der Waals surface area contributed by atoms with Crippen molar-refractivity contribution in [2.45, 2.75) is 18.4 Å². The van der Waals surface area contributed by atoms with E-state index in [9.17, 15) is 13.2 Å². The fourth-order valence-corrected chi connectivity index (χ4v) is 3.60. The smallest absolute Gasteiger partial charge is 0.382 e. The highest BCUT2D eigenvalue weighted by molar-refractivity contribution is 6.02. The second-order valence-electron chi connectivity index (χ2n) is 8.28. The molecule has 0 aliphatic carbocycles. The SMILES string of the molecule is N/C(=N\N(N)CC1(OCc2ccccc2)COC1)c1ccccc1Nc1ccc(C(F)(F)F)cc1. The van der Waals surface area contributed by atoms with Crippen molar-refractivity contribution in [3.63, 3.8) is 0 Å². The van der Waals surface area contributed by atoms with Crippen LogP contribution in [0.5, 0.6) is 0 Å². The Balaban J connectivity index is 1.43. The molecule has 7 nitrogen and oxygen atoms in total. The van der Waals surface area contributed by atoms with Gasteiger partial charge in [-0.05, 0) is 42.0 Å². The average molecular weight is 486 g/mol. The predicted molar refractivity (Wildman–Crippen MR) is 128 cm³/mol. The molecule has 1 aliphatic heterocycles. The van der Waals surface area contributed by atoms with E-state index in [1.165, 1.54) is 17.3 Å². The van der Waals surface area contributed by atoms with Crippen molar-refractivity contribution in [1.29, 1.82) is 0 Å². The van der Waals surface area contributed by atoms with Crippen LogP contribution in [0, 0.1) is 0 Å². The third kappa shape index (κ3) is 6.30. The standard InChI is InChI=1S/C25H26F3N5O2/c26-25(27,28)19-10-12-20(13-11-19)31-22-9-5-4-8-21(22)23(29)32-33(30)15-24(16-34-17-24)35-14-18-6-2-1-3-7-18/h1-13,31H,14-17,30H2,(H2,29,32). The highest BCUT2D eigenvalue weighted by atomic mass is 19.4. The number of benzene rings is 3. The molecule has 5 N–H and O–H groups in total. The number of hydrazone groups is 1. The van der Waals surface area contributed by atoms with Crippen LogP contribution < -0.4 is 16.9 Å². The normalized spacial score (nSPS) is 15.4. The molecule has 3 aromatic carbocycles. The zero-order valence-electron chi connectivity index (χ0n) is 18.8. The third-order valence-electron chi connectivity index (χ3n) is 5.50. The Morgan fingerprint density at radius 3 is 2.29 bits per heavy atom. The van der Waals surface area contributed by atoms with Crippen LogP contribution >= 0.6 is 0 Å². The number of halogens is 3. The minimum absolute atomic E-state index is 0.140. The third-order valence-corrected chi connectivity index (χ3v) is 5.50. The fraction of sp³-hybridized carbons (Fsp3) is 0.240. The van der Waals surface area contributed by atoms with Crippen LogP contribution in [-0.2, 0) is 22.3 Å². The molecule has 0 unspecified atom stereocenters. The Bertz CT molecular complexity index is 1150. The molecule has 0 bridgehead atoms. The summed E-state index contributed by atoms with van der Waals surface area (Å²) in [7, 11) is 0. The maximum Gasteiger partial charge on any atom is 0.416 e. The van der Waals surface area contributed by atoms with Gasteiger partial charge in [-0.1, -0.05) is 42.5 Å². The Labute approximate surface area is 201 Å². The molecule has 3 aromatic rings. The second-order valence-corrected chi connectivity index (χ2v) is 8.28. The molecule has 1 heterocycles. The van der Waals surface area contributed by atoms with Crippen LogP contribution in [0.15, 0.2) is 84.0 Å². The Kier molecular flexibility index (Phi) is 7.25. The van der Waals surface area contributed by atoms with E-state index in [-0.39, 0.29) is 12.4 Å². The molecule has 1 saturated heterocycles. The van der Waals surface area contributed by atoms with Gasteiger partial charge in [0.2, 0.25) is 0 Å². The summed E-state index contributed by atoms with van der Waals surface area (Å²) in [5.41, 5.74) is 7.55. The van der Waals surface area contributed by atoms with Crippen LogP contribution in [-0.4, -0.2) is 36.3 Å². The lowest BCUT2D eigenvalue weighted by molar-refractivity contribution is -0.223. The lowest BCUT2D eigenvalue weighted by Crippen LogP contribution is -2.59. The average Bonchev–Trinajstić information content (AvgIpc) is 2.81. The van der Waals surface area contributed by atoms with E-state index in [1.807, 2.05) is 30.3 Å². The molecule has 0 atom stereocenters. The van der Waals surface area contributed by atoms with Crippen LogP contribution in [0.25, 0.3) is 0 Å². The van der Waals surface area contributed by atoms with Gasteiger partial charge in [0.15, 0.2) is 5.84 Å². The van der Waals surface area contributed by atoms with Crippen LogP contribution in [0.3, 0.4) is 0 Å². The molecular formula is C25H26F3N5O2. The Hall–Kier alpha value is -3.60. The van der Waals surface area contributed by atoms with Gasteiger partial charge in [0, 0.05) is 16.9 Å². The van der Waals surface area contributed by atoms with Crippen LogP contribution in [0.1, 0.15) is 16.7 Å². The van der Waals surface area contributed by atoms with E-state index in [0.717, 1.165) is 17.7 Å². The maximum atomic E-state index is 12.8. The van der Waals surface area contributed by atoms with Gasteiger partial charge in [0.25, 0.3) is 0 Å². The summed E-state index contributed by atoms with van der Waals surface area (Å²) in [5, 5.41) is 8.60. The zero-order chi connectivity index (χ0) is 24.9. The molecule has 1 fully saturated rings. The molecule has 1 aliphatic rings. The van der Waals surface area contributed by atoms with Gasteiger partial charge < -0.3 is 20.5 Å². The molecule has 184 valence electrons. The number of ether oxygens (including phenoxy) is 2. The van der Waals surface area contributed by atoms with E-state index >= 15 is 0 Å². The summed E-state index contributed by atoms with van der Waals surface area (Å²) in [5.74, 6) is 6.28. The monoisotopic (exact) mass is 485 g/mol. The summed E-state index contributed by atoms with van der Waals surface area (Å²) in [6, 6.07) is 21.6. The number of hydrazine groups is 1. The molecule has 0 amide bonds. The van der Waals surface area contributed by atoms with Crippen molar-refractivity contribution in [3.8, 4) is 0 Å². The summed E-state index contributed by atoms with van der Waals surface area (Å²) >= 11 is 0. The summed E-state index contributed by atoms with van der Waals surface area (Å²) < 4.78 is 50.0. The Morgan fingerprint density at radius 1 is 1.00 bits per heavy atom. The highest BCUT2D eigenvalue weighted by Gasteiger charge is 2.41. The molecule has 0 spiro atoms. The molecular weight excluding hydrogens is 459 g/mol.